The summed E-state index contributed by atoms with van der Waals surface area (Å²) in [4.78, 5) is 11.7. The number of carbonyl (C=O) groups excluding carboxylic acids is 1. The SMILES string of the molecule is CC(CCNC(=O)c1c(O)cccc1O)S(C)=O. The molecule has 3 N–H and O–H groups in total. The molecule has 0 aromatic heterocycles. The molecule has 0 saturated carbocycles. The zero-order valence-corrected chi connectivity index (χ0v) is 11.2. The molecule has 5 nitrogen and oxygen atoms in total. The summed E-state index contributed by atoms with van der Waals surface area (Å²) in [6, 6.07) is 4.11. The smallest absolute Gasteiger partial charge is 0.258 e. The Hall–Kier alpha value is -1.56. The van der Waals surface area contributed by atoms with Crippen molar-refractivity contribution in [2.75, 3.05) is 12.8 Å². The van der Waals surface area contributed by atoms with Crippen molar-refractivity contribution in [3.8, 4) is 11.5 Å². The summed E-state index contributed by atoms with van der Waals surface area (Å²) >= 11 is 0. The number of aromatic hydroxyl groups is 2. The van der Waals surface area contributed by atoms with E-state index in [0.717, 1.165) is 0 Å². The summed E-state index contributed by atoms with van der Waals surface area (Å²) in [5.41, 5.74) is -0.136. The summed E-state index contributed by atoms with van der Waals surface area (Å²) in [6.45, 7) is 2.17. The molecule has 1 aromatic rings. The minimum absolute atomic E-state index is 0.0109. The first-order valence-electron chi connectivity index (χ1n) is 5.55. The predicted molar refractivity (Wildman–Crippen MR) is 70.3 cm³/mol. The second kappa shape index (κ2) is 6.39. The number of nitrogens with one attached hydrogen (secondary N) is 1. The Kier molecular flexibility index (Phi) is 5.15. The monoisotopic (exact) mass is 271 g/mol. The molecule has 2 unspecified atom stereocenters. The highest BCUT2D eigenvalue weighted by Gasteiger charge is 2.16. The van der Waals surface area contributed by atoms with Crippen LogP contribution in [-0.4, -0.2) is 38.4 Å². The normalized spacial score (nSPS) is 13.9. The van der Waals surface area contributed by atoms with E-state index in [1.54, 1.807) is 6.26 Å². The van der Waals surface area contributed by atoms with Crippen molar-refractivity contribution in [2.24, 2.45) is 0 Å². The molecule has 18 heavy (non-hydrogen) atoms. The molecule has 6 heteroatoms. The number of benzene rings is 1. The number of hydrogen-bond acceptors (Lipinski definition) is 4. The van der Waals surface area contributed by atoms with E-state index >= 15 is 0 Å². The van der Waals surface area contributed by atoms with Gasteiger partial charge in [0.1, 0.15) is 17.1 Å². The van der Waals surface area contributed by atoms with Gasteiger partial charge in [0.05, 0.1) is 0 Å². The van der Waals surface area contributed by atoms with Crippen molar-refractivity contribution in [3.05, 3.63) is 23.8 Å². The number of rotatable bonds is 5. The molecule has 0 radical (unpaired) electrons. The summed E-state index contributed by atoms with van der Waals surface area (Å²) in [5, 5.41) is 21.5. The van der Waals surface area contributed by atoms with Gasteiger partial charge in [-0.25, -0.2) is 0 Å². The third kappa shape index (κ3) is 3.73. The van der Waals surface area contributed by atoms with E-state index in [4.69, 9.17) is 0 Å². The Balaban J connectivity index is 2.59. The Morgan fingerprint density at radius 2 is 1.94 bits per heavy atom. The second-order valence-electron chi connectivity index (χ2n) is 4.03. The Labute approximate surface area is 108 Å². The van der Waals surface area contributed by atoms with Gasteiger partial charge in [0, 0.05) is 28.9 Å². The maximum Gasteiger partial charge on any atom is 0.258 e. The zero-order valence-electron chi connectivity index (χ0n) is 10.3. The maximum atomic E-state index is 11.7. The van der Waals surface area contributed by atoms with Gasteiger partial charge in [-0.05, 0) is 18.6 Å². The number of phenols is 2. The van der Waals surface area contributed by atoms with Gasteiger partial charge in [-0.15, -0.1) is 0 Å². The molecule has 0 bridgehead atoms. The fourth-order valence-corrected chi connectivity index (χ4v) is 1.85. The first-order chi connectivity index (χ1) is 8.43. The van der Waals surface area contributed by atoms with Crippen molar-refractivity contribution in [1.82, 2.24) is 5.32 Å². The van der Waals surface area contributed by atoms with Gasteiger partial charge >= 0.3 is 0 Å². The lowest BCUT2D eigenvalue weighted by Gasteiger charge is -2.10. The minimum atomic E-state index is -0.928. The van der Waals surface area contributed by atoms with Crippen LogP contribution in [0.3, 0.4) is 0 Å². The van der Waals surface area contributed by atoms with Crippen LogP contribution >= 0.6 is 0 Å². The van der Waals surface area contributed by atoms with Gasteiger partial charge in [0.2, 0.25) is 0 Å². The van der Waals surface area contributed by atoms with Gasteiger partial charge < -0.3 is 15.5 Å². The molecule has 2 atom stereocenters. The average molecular weight is 271 g/mol. The van der Waals surface area contributed by atoms with Crippen LogP contribution < -0.4 is 5.32 Å². The van der Waals surface area contributed by atoms with Crippen LogP contribution in [0.4, 0.5) is 0 Å². The molecule has 1 rings (SSSR count). The Bertz CT molecular complexity index is 441. The molecule has 0 aliphatic rings. The Morgan fingerprint density at radius 1 is 1.39 bits per heavy atom. The van der Waals surface area contributed by atoms with Crippen LogP contribution in [0, 0.1) is 0 Å². The van der Waals surface area contributed by atoms with Gasteiger partial charge in [0.15, 0.2) is 0 Å². The van der Waals surface area contributed by atoms with E-state index in [2.05, 4.69) is 5.32 Å². The topological polar surface area (TPSA) is 86.6 Å². The molecule has 0 fully saturated rings. The van der Waals surface area contributed by atoms with Crippen LogP contribution in [0.2, 0.25) is 0 Å². The van der Waals surface area contributed by atoms with Crippen molar-refractivity contribution in [2.45, 2.75) is 18.6 Å². The quantitative estimate of drug-likeness (QED) is 0.745. The summed E-state index contributed by atoms with van der Waals surface area (Å²) < 4.78 is 11.1. The van der Waals surface area contributed by atoms with E-state index in [0.29, 0.717) is 13.0 Å². The standard InChI is InChI=1S/C12H17NO4S/c1-8(18(2)17)6-7-13-12(16)11-9(14)4-3-5-10(11)15/h3-5,8,14-15H,6-7H2,1-2H3,(H,13,16). The highest BCUT2D eigenvalue weighted by molar-refractivity contribution is 7.84. The van der Waals surface area contributed by atoms with Crippen LogP contribution in [0.25, 0.3) is 0 Å². The molecule has 0 heterocycles. The molecular formula is C12H17NO4S. The molecular weight excluding hydrogens is 254 g/mol. The lowest BCUT2D eigenvalue weighted by atomic mass is 10.1. The first-order valence-corrected chi connectivity index (χ1v) is 7.17. The highest BCUT2D eigenvalue weighted by Crippen LogP contribution is 2.25. The van der Waals surface area contributed by atoms with Crippen molar-refractivity contribution < 1.29 is 19.2 Å². The first kappa shape index (κ1) is 14.5. The lowest BCUT2D eigenvalue weighted by molar-refractivity contribution is 0.0948. The Morgan fingerprint density at radius 3 is 2.44 bits per heavy atom. The number of phenolic OH excluding ortho intramolecular Hbond substituents is 2. The number of hydrogen-bond donors (Lipinski definition) is 3. The minimum Gasteiger partial charge on any atom is -0.507 e. The summed E-state index contributed by atoms with van der Waals surface area (Å²) in [6.07, 6.45) is 2.19. The second-order valence-corrected chi connectivity index (χ2v) is 5.83. The van der Waals surface area contributed by atoms with Gasteiger partial charge in [-0.1, -0.05) is 13.0 Å². The van der Waals surface area contributed by atoms with Crippen LogP contribution in [0.5, 0.6) is 11.5 Å². The fourth-order valence-electron chi connectivity index (χ4n) is 1.40. The van der Waals surface area contributed by atoms with E-state index in [1.807, 2.05) is 6.92 Å². The van der Waals surface area contributed by atoms with Crippen molar-refractivity contribution in [3.63, 3.8) is 0 Å². The van der Waals surface area contributed by atoms with E-state index in [1.165, 1.54) is 18.2 Å². The van der Waals surface area contributed by atoms with Crippen LogP contribution in [0.1, 0.15) is 23.7 Å². The zero-order chi connectivity index (χ0) is 13.7. The average Bonchev–Trinajstić information content (AvgIpc) is 2.28. The predicted octanol–water partition coefficient (Wildman–Crippen LogP) is 0.985. The summed E-state index contributed by atoms with van der Waals surface area (Å²) in [5.74, 6) is -1.07. The number of amides is 1. The molecule has 0 aliphatic heterocycles. The number of carbonyl (C=O) groups is 1. The summed E-state index contributed by atoms with van der Waals surface area (Å²) in [7, 11) is -0.928. The van der Waals surface area contributed by atoms with Crippen molar-refractivity contribution >= 4 is 16.7 Å². The fraction of sp³-hybridized carbons (Fsp3) is 0.417. The van der Waals surface area contributed by atoms with Gasteiger partial charge in [0.25, 0.3) is 5.91 Å². The maximum absolute atomic E-state index is 11.7. The van der Waals surface area contributed by atoms with Gasteiger partial charge in [-0.2, -0.15) is 0 Å². The molecule has 0 aliphatic carbocycles. The molecule has 100 valence electrons. The van der Waals surface area contributed by atoms with Crippen LogP contribution in [0.15, 0.2) is 18.2 Å². The van der Waals surface area contributed by atoms with E-state index in [-0.39, 0.29) is 22.3 Å². The molecule has 1 amide bonds. The van der Waals surface area contributed by atoms with E-state index in [9.17, 15) is 19.2 Å². The molecule has 1 aromatic carbocycles. The molecule has 0 saturated heterocycles. The van der Waals surface area contributed by atoms with Crippen LogP contribution in [-0.2, 0) is 10.8 Å². The van der Waals surface area contributed by atoms with Gasteiger partial charge in [-0.3, -0.25) is 9.00 Å². The largest absolute Gasteiger partial charge is 0.507 e. The van der Waals surface area contributed by atoms with Crippen molar-refractivity contribution in [1.29, 1.82) is 0 Å². The third-order valence-corrected chi connectivity index (χ3v) is 4.02. The lowest BCUT2D eigenvalue weighted by Crippen LogP contribution is -2.27. The highest BCUT2D eigenvalue weighted by atomic mass is 32.2. The molecule has 0 spiro atoms. The van der Waals surface area contributed by atoms with E-state index < -0.39 is 16.7 Å². The third-order valence-electron chi connectivity index (χ3n) is 2.65.